The quantitative estimate of drug-likeness (QED) is 0.150. The standard InChI is InChI=1S/C26H38N6O6S/c1-14(2)22(28)25(36)31-18(8-9-21(27)33)23(34)30-19(10-11-39-3)24(35)32-20(26(37)38)12-15-13-29-17-7-5-4-6-16(15)17/h4-7,13-14,18-20,22,29H,8-12,28H2,1-3H3,(H2,27,33)(H,30,34)(H,31,36)(H,32,35)(H,37,38). The second kappa shape index (κ2) is 15.1. The number of benzene rings is 1. The number of aromatic nitrogens is 1. The second-order valence-electron chi connectivity index (χ2n) is 9.64. The number of H-pyrrole nitrogens is 1. The Morgan fingerprint density at radius 1 is 0.949 bits per heavy atom. The molecular formula is C26H38N6O6S. The van der Waals surface area contributed by atoms with Crippen LogP contribution in [0.3, 0.4) is 0 Å². The summed E-state index contributed by atoms with van der Waals surface area (Å²) < 4.78 is 0. The molecule has 2 aromatic rings. The van der Waals surface area contributed by atoms with Gasteiger partial charge in [-0.25, -0.2) is 4.79 Å². The number of carboxylic acid groups (broad SMARTS) is 1. The summed E-state index contributed by atoms with van der Waals surface area (Å²) in [5, 5.41) is 18.4. The third kappa shape index (κ3) is 9.59. The molecule has 4 unspecified atom stereocenters. The van der Waals surface area contributed by atoms with Gasteiger partial charge in [0, 0.05) is 29.9 Å². The molecule has 0 aliphatic heterocycles. The maximum absolute atomic E-state index is 13.2. The lowest BCUT2D eigenvalue weighted by molar-refractivity contribution is -0.142. The molecule has 0 aliphatic rings. The SMILES string of the molecule is CSCCC(NC(=O)C(CCC(N)=O)NC(=O)C(N)C(C)C)C(=O)NC(Cc1c[nH]c2ccccc12)C(=O)O. The first-order valence-corrected chi connectivity index (χ1v) is 14.1. The molecule has 1 aromatic carbocycles. The molecule has 12 nitrogen and oxygen atoms in total. The van der Waals surface area contributed by atoms with Crippen molar-refractivity contribution in [2.75, 3.05) is 12.0 Å². The van der Waals surface area contributed by atoms with Crippen LogP contribution < -0.4 is 27.4 Å². The van der Waals surface area contributed by atoms with Crippen LogP contribution >= 0.6 is 11.8 Å². The molecule has 13 heteroatoms. The minimum Gasteiger partial charge on any atom is -0.480 e. The van der Waals surface area contributed by atoms with Crippen molar-refractivity contribution in [1.82, 2.24) is 20.9 Å². The fourth-order valence-electron chi connectivity index (χ4n) is 3.90. The van der Waals surface area contributed by atoms with Crippen LogP contribution in [0.25, 0.3) is 10.9 Å². The lowest BCUT2D eigenvalue weighted by Crippen LogP contribution is -2.57. The summed E-state index contributed by atoms with van der Waals surface area (Å²) in [5.41, 5.74) is 12.7. The Labute approximate surface area is 231 Å². The highest BCUT2D eigenvalue weighted by Gasteiger charge is 2.31. The number of nitrogens with one attached hydrogen (secondary N) is 4. The van der Waals surface area contributed by atoms with Crippen LogP contribution in [0.2, 0.25) is 0 Å². The first-order chi connectivity index (χ1) is 18.4. The number of primary amides is 1. The zero-order chi connectivity index (χ0) is 29.1. The molecule has 9 N–H and O–H groups in total. The van der Waals surface area contributed by atoms with Gasteiger partial charge in [0.1, 0.15) is 18.1 Å². The van der Waals surface area contributed by atoms with Crippen molar-refractivity contribution in [3.05, 3.63) is 36.0 Å². The molecule has 1 aromatic heterocycles. The summed E-state index contributed by atoms with van der Waals surface area (Å²) in [6.45, 7) is 3.50. The molecule has 0 bridgehead atoms. The number of carbonyl (C=O) groups is 5. The maximum atomic E-state index is 13.2. The number of hydrogen-bond donors (Lipinski definition) is 7. The Hall–Kier alpha value is -3.58. The molecule has 0 radical (unpaired) electrons. The van der Waals surface area contributed by atoms with Crippen LogP contribution in [-0.2, 0) is 30.4 Å². The first kappa shape index (κ1) is 31.6. The van der Waals surface area contributed by atoms with Gasteiger partial charge in [0.15, 0.2) is 0 Å². The predicted octanol–water partition coefficient (Wildman–Crippen LogP) is 0.251. The number of para-hydroxylation sites is 1. The first-order valence-electron chi connectivity index (χ1n) is 12.7. The van der Waals surface area contributed by atoms with Gasteiger partial charge in [-0.15, -0.1) is 0 Å². The highest BCUT2D eigenvalue weighted by atomic mass is 32.2. The Balaban J connectivity index is 2.18. The zero-order valence-corrected chi connectivity index (χ0v) is 23.2. The van der Waals surface area contributed by atoms with Gasteiger partial charge in [0.25, 0.3) is 0 Å². The molecule has 39 heavy (non-hydrogen) atoms. The minimum absolute atomic E-state index is 0.0265. The molecule has 0 fully saturated rings. The molecule has 214 valence electrons. The van der Waals surface area contributed by atoms with E-state index < -0.39 is 53.8 Å². The number of hydrogen-bond acceptors (Lipinski definition) is 7. The predicted molar refractivity (Wildman–Crippen MR) is 150 cm³/mol. The highest BCUT2D eigenvalue weighted by Crippen LogP contribution is 2.19. The summed E-state index contributed by atoms with van der Waals surface area (Å²) in [6.07, 6.45) is 3.50. The monoisotopic (exact) mass is 562 g/mol. The van der Waals surface area contributed by atoms with Gasteiger partial charge < -0.3 is 37.5 Å². The van der Waals surface area contributed by atoms with Gasteiger partial charge in [0.2, 0.25) is 23.6 Å². The van der Waals surface area contributed by atoms with E-state index in [9.17, 15) is 29.1 Å². The lowest BCUT2D eigenvalue weighted by atomic mass is 10.0. The molecule has 0 saturated carbocycles. The molecule has 1 heterocycles. The molecule has 0 spiro atoms. The van der Waals surface area contributed by atoms with Gasteiger partial charge in [0.05, 0.1) is 6.04 Å². The van der Waals surface area contributed by atoms with E-state index in [0.29, 0.717) is 5.75 Å². The normalized spacial score (nSPS) is 14.3. The summed E-state index contributed by atoms with van der Waals surface area (Å²) in [6, 6.07) is 3.03. The van der Waals surface area contributed by atoms with Crippen molar-refractivity contribution >= 4 is 52.3 Å². The topological polar surface area (TPSA) is 209 Å². The largest absolute Gasteiger partial charge is 0.480 e. The van der Waals surface area contributed by atoms with Gasteiger partial charge in [-0.2, -0.15) is 11.8 Å². The number of fused-ring (bicyclic) bond motifs is 1. The number of aliphatic carboxylic acids is 1. The van der Waals surface area contributed by atoms with Crippen LogP contribution in [0.5, 0.6) is 0 Å². The van der Waals surface area contributed by atoms with Crippen LogP contribution in [0.4, 0.5) is 0 Å². The third-order valence-electron chi connectivity index (χ3n) is 6.29. The Kier molecular flexibility index (Phi) is 12.3. The average Bonchev–Trinajstić information content (AvgIpc) is 3.30. The van der Waals surface area contributed by atoms with Crippen molar-refractivity contribution < 1.29 is 29.1 Å². The number of rotatable bonds is 16. The van der Waals surface area contributed by atoms with Gasteiger partial charge in [-0.3, -0.25) is 19.2 Å². The molecular weight excluding hydrogens is 524 g/mol. The van der Waals surface area contributed by atoms with E-state index in [0.717, 1.165) is 16.5 Å². The number of nitrogens with two attached hydrogens (primary N) is 2. The fraction of sp³-hybridized carbons (Fsp3) is 0.500. The van der Waals surface area contributed by atoms with E-state index >= 15 is 0 Å². The van der Waals surface area contributed by atoms with E-state index in [1.807, 2.05) is 30.5 Å². The maximum Gasteiger partial charge on any atom is 0.326 e. The van der Waals surface area contributed by atoms with Gasteiger partial charge in [-0.1, -0.05) is 32.0 Å². The van der Waals surface area contributed by atoms with Crippen molar-refractivity contribution in [2.45, 2.75) is 63.7 Å². The van der Waals surface area contributed by atoms with E-state index in [2.05, 4.69) is 20.9 Å². The molecule has 4 atom stereocenters. The summed E-state index contributed by atoms with van der Waals surface area (Å²) >= 11 is 1.45. The molecule has 0 aliphatic carbocycles. The number of aromatic amines is 1. The summed E-state index contributed by atoms with van der Waals surface area (Å²) in [7, 11) is 0. The van der Waals surface area contributed by atoms with Crippen LogP contribution in [-0.4, -0.2) is 75.9 Å². The molecule has 4 amide bonds. The van der Waals surface area contributed by atoms with Gasteiger partial charge in [-0.05, 0) is 42.4 Å². The van der Waals surface area contributed by atoms with Crippen LogP contribution in [0.15, 0.2) is 30.5 Å². The van der Waals surface area contributed by atoms with Crippen molar-refractivity contribution in [3.63, 3.8) is 0 Å². The second-order valence-corrected chi connectivity index (χ2v) is 10.6. The molecule has 0 saturated heterocycles. The van der Waals surface area contributed by atoms with E-state index in [-0.39, 0.29) is 31.6 Å². The van der Waals surface area contributed by atoms with E-state index in [1.165, 1.54) is 11.8 Å². The van der Waals surface area contributed by atoms with Crippen molar-refractivity contribution in [2.24, 2.45) is 17.4 Å². The summed E-state index contributed by atoms with van der Waals surface area (Å²) in [4.78, 5) is 65.4. The van der Waals surface area contributed by atoms with E-state index in [4.69, 9.17) is 11.5 Å². The van der Waals surface area contributed by atoms with Crippen LogP contribution in [0.1, 0.15) is 38.7 Å². The highest BCUT2D eigenvalue weighted by molar-refractivity contribution is 7.98. The third-order valence-corrected chi connectivity index (χ3v) is 6.93. The Morgan fingerprint density at radius 3 is 2.13 bits per heavy atom. The Morgan fingerprint density at radius 2 is 1.54 bits per heavy atom. The van der Waals surface area contributed by atoms with Gasteiger partial charge >= 0.3 is 5.97 Å². The van der Waals surface area contributed by atoms with Crippen molar-refractivity contribution in [1.29, 1.82) is 0 Å². The van der Waals surface area contributed by atoms with Crippen LogP contribution in [0, 0.1) is 5.92 Å². The fourth-order valence-corrected chi connectivity index (χ4v) is 4.37. The van der Waals surface area contributed by atoms with E-state index in [1.54, 1.807) is 20.0 Å². The minimum atomic E-state index is -1.25. The average molecular weight is 563 g/mol. The number of carboxylic acids is 1. The number of thioether (sulfide) groups is 1. The number of amides is 4. The molecule has 2 rings (SSSR count). The number of carbonyl (C=O) groups excluding carboxylic acids is 4. The zero-order valence-electron chi connectivity index (χ0n) is 22.4. The smallest absolute Gasteiger partial charge is 0.326 e. The Bertz CT molecular complexity index is 1170. The summed E-state index contributed by atoms with van der Waals surface area (Å²) in [5.74, 6) is -3.55. The lowest BCUT2D eigenvalue weighted by Gasteiger charge is -2.25. The van der Waals surface area contributed by atoms with Crippen molar-refractivity contribution in [3.8, 4) is 0 Å².